The highest BCUT2D eigenvalue weighted by molar-refractivity contribution is 6.36. The van der Waals surface area contributed by atoms with Crippen LogP contribution in [-0.2, 0) is 6.61 Å². The van der Waals surface area contributed by atoms with Crippen LogP contribution in [0, 0.1) is 5.82 Å². The van der Waals surface area contributed by atoms with Gasteiger partial charge >= 0.3 is 0 Å². The van der Waals surface area contributed by atoms with Crippen molar-refractivity contribution in [2.45, 2.75) is 6.61 Å². The Kier molecular flexibility index (Phi) is 7.09. The summed E-state index contributed by atoms with van der Waals surface area (Å²) in [6.07, 6.45) is 1.47. The first kappa shape index (κ1) is 21.1. The standard InChI is InChI=1S/C21H14Cl3FN2O2/c22-14-6-9-16(19(24)10-14)21(28)27-26-11-13-4-7-15(8-5-13)29-12-17-18(23)2-1-3-20(17)25/h1-11H,12H2,(H,27,28)/b26-11+. The van der Waals surface area contributed by atoms with E-state index in [1.54, 1.807) is 36.4 Å². The van der Waals surface area contributed by atoms with Crippen molar-refractivity contribution in [3.05, 3.63) is 98.2 Å². The number of benzene rings is 3. The molecule has 0 radical (unpaired) electrons. The van der Waals surface area contributed by atoms with E-state index in [2.05, 4.69) is 10.5 Å². The van der Waals surface area contributed by atoms with Crippen LogP contribution in [0.3, 0.4) is 0 Å². The number of hydrogen-bond donors (Lipinski definition) is 1. The Morgan fingerprint density at radius 2 is 1.79 bits per heavy atom. The highest BCUT2D eigenvalue weighted by atomic mass is 35.5. The van der Waals surface area contributed by atoms with Crippen LogP contribution in [0.4, 0.5) is 4.39 Å². The Bertz CT molecular complexity index is 1040. The number of carbonyl (C=O) groups excluding carboxylic acids is 1. The summed E-state index contributed by atoms with van der Waals surface area (Å²) < 4.78 is 19.3. The smallest absolute Gasteiger partial charge is 0.272 e. The zero-order valence-electron chi connectivity index (χ0n) is 14.8. The molecule has 3 rings (SSSR count). The van der Waals surface area contributed by atoms with E-state index in [0.717, 1.165) is 5.56 Å². The number of nitrogens with one attached hydrogen (secondary N) is 1. The van der Waals surface area contributed by atoms with Gasteiger partial charge in [0.2, 0.25) is 0 Å². The van der Waals surface area contributed by atoms with Crippen LogP contribution >= 0.6 is 34.8 Å². The third-order valence-corrected chi connectivity index (χ3v) is 4.78. The molecule has 0 atom stereocenters. The van der Waals surface area contributed by atoms with Gasteiger partial charge in [0.25, 0.3) is 5.91 Å². The van der Waals surface area contributed by atoms with Gasteiger partial charge in [0, 0.05) is 10.6 Å². The van der Waals surface area contributed by atoms with Crippen molar-refractivity contribution in [1.29, 1.82) is 0 Å². The molecule has 0 aliphatic rings. The molecule has 1 amide bonds. The van der Waals surface area contributed by atoms with Crippen LogP contribution in [0.5, 0.6) is 5.75 Å². The third-order valence-electron chi connectivity index (χ3n) is 3.88. The van der Waals surface area contributed by atoms with E-state index in [9.17, 15) is 9.18 Å². The summed E-state index contributed by atoms with van der Waals surface area (Å²) >= 11 is 17.8. The van der Waals surface area contributed by atoms with E-state index in [0.29, 0.717) is 21.4 Å². The minimum atomic E-state index is -0.454. The van der Waals surface area contributed by atoms with Gasteiger partial charge in [-0.1, -0.05) is 40.9 Å². The van der Waals surface area contributed by atoms with Crippen LogP contribution in [-0.4, -0.2) is 12.1 Å². The number of nitrogens with zero attached hydrogens (tertiary/aromatic N) is 1. The molecule has 3 aromatic carbocycles. The van der Waals surface area contributed by atoms with Gasteiger partial charge in [-0.05, 0) is 60.2 Å². The normalized spacial score (nSPS) is 10.9. The van der Waals surface area contributed by atoms with Crippen molar-refractivity contribution < 1.29 is 13.9 Å². The third kappa shape index (κ3) is 5.70. The highest BCUT2D eigenvalue weighted by Gasteiger charge is 2.10. The van der Waals surface area contributed by atoms with Crippen LogP contribution < -0.4 is 10.2 Å². The molecule has 29 heavy (non-hydrogen) atoms. The molecule has 0 heterocycles. The topological polar surface area (TPSA) is 50.7 Å². The zero-order chi connectivity index (χ0) is 20.8. The predicted molar refractivity (Wildman–Crippen MR) is 114 cm³/mol. The average molecular weight is 452 g/mol. The van der Waals surface area contributed by atoms with Crippen LogP contribution in [0.25, 0.3) is 0 Å². The van der Waals surface area contributed by atoms with Crippen LogP contribution in [0.2, 0.25) is 15.1 Å². The second-order valence-electron chi connectivity index (χ2n) is 5.88. The molecule has 0 bridgehead atoms. The van der Waals surface area contributed by atoms with Gasteiger partial charge in [-0.3, -0.25) is 4.79 Å². The van der Waals surface area contributed by atoms with E-state index in [1.807, 2.05) is 0 Å². The number of hydrazone groups is 1. The molecule has 0 spiro atoms. The number of halogens is 4. The first-order chi connectivity index (χ1) is 13.9. The van der Waals surface area contributed by atoms with Crippen molar-refractivity contribution in [2.24, 2.45) is 5.10 Å². The molecule has 0 saturated carbocycles. The second-order valence-corrected chi connectivity index (χ2v) is 7.13. The van der Waals surface area contributed by atoms with Crippen molar-refractivity contribution >= 4 is 46.9 Å². The Hall–Kier alpha value is -2.60. The van der Waals surface area contributed by atoms with E-state index in [4.69, 9.17) is 39.5 Å². The Morgan fingerprint density at radius 3 is 2.48 bits per heavy atom. The minimum absolute atomic E-state index is 0.0108. The van der Waals surface area contributed by atoms with Gasteiger partial charge in [-0.15, -0.1) is 0 Å². The van der Waals surface area contributed by atoms with E-state index in [-0.39, 0.29) is 17.2 Å². The van der Waals surface area contributed by atoms with E-state index in [1.165, 1.54) is 30.5 Å². The SMILES string of the molecule is O=C(N/N=C/c1ccc(OCc2c(F)cccc2Cl)cc1)c1ccc(Cl)cc1Cl. The van der Waals surface area contributed by atoms with E-state index >= 15 is 0 Å². The van der Waals surface area contributed by atoms with Gasteiger partial charge in [-0.25, -0.2) is 9.82 Å². The first-order valence-electron chi connectivity index (χ1n) is 8.38. The lowest BCUT2D eigenvalue weighted by Gasteiger charge is -2.09. The summed E-state index contributed by atoms with van der Waals surface area (Å²) in [7, 11) is 0. The molecule has 0 aromatic heterocycles. The predicted octanol–water partition coefficient (Wildman–Crippen LogP) is 6.13. The fraction of sp³-hybridized carbons (Fsp3) is 0.0476. The maximum Gasteiger partial charge on any atom is 0.272 e. The molecule has 8 heteroatoms. The summed E-state index contributed by atoms with van der Waals surface area (Å²) in [5, 5.41) is 4.89. The molecule has 148 valence electrons. The average Bonchev–Trinajstić information content (AvgIpc) is 2.68. The Morgan fingerprint density at radius 1 is 1.03 bits per heavy atom. The molecule has 0 fully saturated rings. The van der Waals surface area contributed by atoms with Gasteiger partial charge in [0.15, 0.2) is 0 Å². The van der Waals surface area contributed by atoms with Crippen LogP contribution in [0.15, 0.2) is 65.8 Å². The fourth-order valence-electron chi connectivity index (χ4n) is 2.38. The number of ether oxygens (including phenoxy) is 1. The number of rotatable bonds is 6. The lowest BCUT2D eigenvalue weighted by atomic mass is 10.2. The second kappa shape index (κ2) is 9.74. The molecule has 0 aliphatic carbocycles. The minimum Gasteiger partial charge on any atom is -0.489 e. The van der Waals surface area contributed by atoms with Gasteiger partial charge < -0.3 is 4.74 Å². The van der Waals surface area contributed by atoms with Crippen molar-refractivity contribution in [3.63, 3.8) is 0 Å². The molecule has 0 saturated heterocycles. The van der Waals surface area contributed by atoms with Crippen molar-refractivity contribution in [3.8, 4) is 5.75 Å². The first-order valence-corrected chi connectivity index (χ1v) is 9.51. The summed E-state index contributed by atoms with van der Waals surface area (Å²) in [6.45, 7) is 0.0108. The number of hydrogen-bond acceptors (Lipinski definition) is 3. The monoisotopic (exact) mass is 450 g/mol. The van der Waals surface area contributed by atoms with Crippen LogP contribution in [0.1, 0.15) is 21.5 Å². The molecule has 3 aromatic rings. The molecule has 0 aliphatic heterocycles. The van der Waals surface area contributed by atoms with Crippen molar-refractivity contribution in [2.75, 3.05) is 0 Å². The number of amides is 1. The number of carbonyl (C=O) groups is 1. The lowest BCUT2D eigenvalue weighted by molar-refractivity contribution is 0.0955. The Balaban J connectivity index is 1.56. The summed E-state index contributed by atoms with van der Waals surface area (Å²) in [5.41, 5.74) is 3.68. The zero-order valence-corrected chi connectivity index (χ0v) is 17.1. The molecular formula is C21H14Cl3FN2O2. The lowest BCUT2D eigenvalue weighted by Crippen LogP contribution is -2.18. The molecule has 0 unspecified atom stereocenters. The van der Waals surface area contributed by atoms with E-state index < -0.39 is 11.7 Å². The van der Waals surface area contributed by atoms with Gasteiger partial charge in [0.1, 0.15) is 18.2 Å². The summed E-state index contributed by atoms with van der Waals surface area (Å²) in [4.78, 5) is 12.1. The van der Waals surface area contributed by atoms with Gasteiger partial charge in [0.05, 0.1) is 21.8 Å². The molecular weight excluding hydrogens is 438 g/mol. The quantitative estimate of drug-likeness (QED) is 0.362. The molecule has 1 N–H and O–H groups in total. The highest BCUT2D eigenvalue weighted by Crippen LogP contribution is 2.22. The summed E-state index contributed by atoms with van der Waals surface area (Å²) in [6, 6.07) is 15.9. The fourth-order valence-corrected chi connectivity index (χ4v) is 3.09. The molecule has 4 nitrogen and oxygen atoms in total. The summed E-state index contributed by atoms with van der Waals surface area (Å²) in [5.74, 6) is -0.333. The van der Waals surface area contributed by atoms with Crippen molar-refractivity contribution in [1.82, 2.24) is 5.43 Å². The van der Waals surface area contributed by atoms with Gasteiger partial charge in [-0.2, -0.15) is 5.10 Å². The maximum absolute atomic E-state index is 13.8. The Labute approximate surface area is 181 Å². The maximum atomic E-state index is 13.8. The largest absolute Gasteiger partial charge is 0.489 e.